The fourth-order valence-electron chi connectivity index (χ4n) is 3.29. The minimum Gasteiger partial charge on any atom is -0.497 e. The number of ether oxygens (including phenoxy) is 1. The molecule has 2 atom stereocenters. The standard InChI is InChI=1S/C19H21Br2N3O5S/c1-29-16-5-3-15(4-6-16)24(19(25)26)11-14-9-13(10-22-14)23-30(27,28)18-8-12(20)2-7-17(18)21/h2-8,13-14,22-23H,9-11H2,1H3,(H,25,26)/t13-,14-/m1/s1. The molecule has 2 aromatic rings. The van der Waals surface area contributed by atoms with Crippen molar-refractivity contribution in [1.82, 2.24) is 10.0 Å². The molecule has 2 aromatic carbocycles. The summed E-state index contributed by atoms with van der Waals surface area (Å²) in [6.07, 6.45) is -0.616. The molecule has 1 amide bonds. The van der Waals surface area contributed by atoms with Gasteiger partial charge in [0.15, 0.2) is 0 Å². The second-order valence-corrected chi connectivity index (χ2v) is 10.3. The second-order valence-electron chi connectivity index (χ2n) is 6.83. The quantitative estimate of drug-likeness (QED) is 0.477. The zero-order valence-corrected chi connectivity index (χ0v) is 20.0. The van der Waals surface area contributed by atoms with E-state index in [-0.39, 0.29) is 23.5 Å². The van der Waals surface area contributed by atoms with Crippen LogP contribution in [-0.2, 0) is 10.0 Å². The minimum atomic E-state index is -3.74. The van der Waals surface area contributed by atoms with Crippen LogP contribution in [0.5, 0.6) is 5.75 Å². The van der Waals surface area contributed by atoms with Gasteiger partial charge < -0.3 is 15.2 Å². The van der Waals surface area contributed by atoms with Gasteiger partial charge in [0.2, 0.25) is 10.0 Å². The number of halogens is 2. The molecular weight excluding hydrogens is 542 g/mol. The van der Waals surface area contributed by atoms with E-state index in [0.717, 1.165) is 0 Å². The summed E-state index contributed by atoms with van der Waals surface area (Å²) >= 11 is 6.56. The predicted molar refractivity (Wildman–Crippen MR) is 121 cm³/mol. The van der Waals surface area contributed by atoms with Crippen molar-refractivity contribution in [2.24, 2.45) is 0 Å². The van der Waals surface area contributed by atoms with Crippen LogP contribution in [0.4, 0.5) is 10.5 Å². The molecule has 11 heteroatoms. The van der Waals surface area contributed by atoms with Crippen LogP contribution in [0.15, 0.2) is 56.3 Å². The van der Waals surface area contributed by atoms with Gasteiger partial charge in [-0.15, -0.1) is 0 Å². The Morgan fingerprint density at radius 3 is 2.60 bits per heavy atom. The summed E-state index contributed by atoms with van der Waals surface area (Å²) in [5.41, 5.74) is 0.521. The van der Waals surface area contributed by atoms with Crippen LogP contribution in [0, 0.1) is 0 Å². The molecule has 0 aliphatic carbocycles. The number of benzene rings is 2. The van der Waals surface area contributed by atoms with Gasteiger partial charge in [-0.3, -0.25) is 4.90 Å². The van der Waals surface area contributed by atoms with Crippen molar-refractivity contribution in [3.63, 3.8) is 0 Å². The zero-order valence-electron chi connectivity index (χ0n) is 16.0. The maximum absolute atomic E-state index is 12.8. The van der Waals surface area contributed by atoms with E-state index in [1.807, 2.05) is 0 Å². The zero-order chi connectivity index (χ0) is 21.9. The molecule has 3 N–H and O–H groups in total. The Kier molecular flexibility index (Phi) is 7.40. The number of sulfonamides is 1. The van der Waals surface area contributed by atoms with Gasteiger partial charge in [0.1, 0.15) is 5.75 Å². The highest BCUT2D eigenvalue weighted by Gasteiger charge is 2.31. The fourth-order valence-corrected chi connectivity index (χ4v) is 6.04. The van der Waals surface area contributed by atoms with Crippen LogP contribution in [0.25, 0.3) is 0 Å². The molecule has 1 heterocycles. The topological polar surface area (TPSA) is 108 Å². The smallest absolute Gasteiger partial charge is 0.411 e. The summed E-state index contributed by atoms with van der Waals surface area (Å²) in [6, 6.07) is 11.1. The molecule has 0 unspecified atom stereocenters. The molecule has 0 spiro atoms. The Hall–Kier alpha value is -1.66. The number of anilines is 1. The normalized spacial score (nSPS) is 18.9. The summed E-state index contributed by atoms with van der Waals surface area (Å²) in [5.74, 6) is 0.635. The van der Waals surface area contributed by atoms with Crippen LogP contribution in [0.3, 0.4) is 0 Å². The van der Waals surface area contributed by atoms with E-state index in [1.54, 1.807) is 43.5 Å². The van der Waals surface area contributed by atoms with Gasteiger partial charge >= 0.3 is 6.09 Å². The van der Waals surface area contributed by atoms with Gasteiger partial charge in [-0.1, -0.05) is 15.9 Å². The third-order valence-electron chi connectivity index (χ3n) is 4.74. The Morgan fingerprint density at radius 2 is 1.97 bits per heavy atom. The molecule has 162 valence electrons. The summed E-state index contributed by atoms with van der Waals surface area (Å²) in [5, 5.41) is 12.8. The number of nitrogens with one attached hydrogen (secondary N) is 2. The van der Waals surface area contributed by atoms with Crippen LogP contribution in [0.1, 0.15) is 6.42 Å². The van der Waals surface area contributed by atoms with Gasteiger partial charge in [-0.05, 0) is 64.8 Å². The number of carboxylic acid groups (broad SMARTS) is 1. The average Bonchev–Trinajstić information content (AvgIpc) is 3.14. The van der Waals surface area contributed by atoms with Crippen molar-refractivity contribution < 1.29 is 23.1 Å². The average molecular weight is 563 g/mol. The van der Waals surface area contributed by atoms with Gasteiger partial charge in [0.25, 0.3) is 0 Å². The molecule has 0 bridgehead atoms. The van der Waals surface area contributed by atoms with Crippen LogP contribution in [-0.4, -0.2) is 51.9 Å². The first-order chi connectivity index (χ1) is 14.2. The first kappa shape index (κ1) is 23.0. The third kappa shape index (κ3) is 5.52. The molecule has 1 aliphatic heterocycles. The number of carbonyl (C=O) groups is 1. The summed E-state index contributed by atoms with van der Waals surface area (Å²) in [7, 11) is -2.19. The lowest BCUT2D eigenvalue weighted by Crippen LogP contribution is -2.40. The maximum Gasteiger partial charge on any atom is 0.411 e. The molecule has 1 saturated heterocycles. The lowest BCUT2D eigenvalue weighted by atomic mass is 10.1. The van der Waals surface area contributed by atoms with E-state index in [0.29, 0.717) is 33.3 Å². The monoisotopic (exact) mass is 561 g/mol. The van der Waals surface area contributed by atoms with Crippen LogP contribution in [0.2, 0.25) is 0 Å². The Balaban J connectivity index is 1.66. The Labute approximate surface area is 191 Å². The highest BCUT2D eigenvalue weighted by Crippen LogP contribution is 2.26. The number of amides is 1. The van der Waals surface area contributed by atoms with Crippen molar-refractivity contribution in [1.29, 1.82) is 0 Å². The number of methoxy groups -OCH3 is 1. The molecule has 0 aromatic heterocycles. The molecule has 0 saturated carbocycles. The Morgan fingerprint density at radius 1 is 1.27 bits per heavy atom. The summed E-state index contributed by atoms with van der Waals surface area (Å²) in [6.45, 7) is 0.603. The summed E-state index contributed by atoms with van der Waals surface area (Å²) in [4.78, 5) is 13.1. The van der Waals surface area contributed by atoms with Crippen LogP contribution >= 0.6 is 31.9 Å². The maximum atomic E-state index is 12.8. The Bertz CT molecular complexity index is 1020. The van der Waals surface area contributed by atoms with E-state index in [1.165, 1.54) is 11.0 Å². The first-order valence-electron chi connectivity index (χ1n) is 9.05. The van der Waals surface area contributed by atoms with E-state index < -0.39 is 16.1 Å². The van der Waals surface area contributed by atoms with Gasteiger partial charge in [-0.25, -0.2) is 17.9 Å². The predicted octanol–water partition coefficient (Wildman–Crippen LogP) is 3.41. The minimum absolute atomic E-state index is 0.144. The van der Waals surface area contributed by atoms with E-state index in [2.05, 4.69) is 41.9 Å². The molecule has 0 radical (unpaired) electrons. The second kappa shape index (κ2) is 9.65. The third-order valence-corrected chi connectivity index (χ3v) is 7.75. The molecule has 30 heavy (non-hydrogen) atoms. The molecule has 8 nitrogen and oxygen atoms in total. The number of hydrogen-bond acceptors (Lipinski definition) is 5. The number of nitrogens with zero attached hydrogens (tertiary/aromatic N) is 1. The van der Waals surface area contributed by atoms with E-state index in [4.69, 9.17) is 4.74 Å². The molecule has 1 fully saturated rings. The number of hydrogen-bond donors (Lipinski definition) is 3. The van der Waals surface area contributed by atoms with Crippen molar-refractivity contribution in [2.45, 2.75) is 23.4 Å². The molecule has 3 rings (SSSR count). The molecule has 1 aliphatic rings. The van der Waals surface area contributed by atoms with Gasteiger partial charge in [0.05, 0.1) is 12.0 Å². The van der Waals surface area contributed by atoms with E-state index in [9.17, 15) is 18.3 Å². The SMILES string of the molecule is COc1ccc(N(C[C@H]2C[C@@H](NS(=O)(=O)c3cc(Br)ccc3Br)CN2)C(=O)O)cc1. The van der Waals surface area contributed by atoms with E-state index >= 15 is 0 Å². The highest BCUT2D eigenvalue weighted by atomic mass is 79.9. The number of rotatable bonds is 7. The molecular formula is C19H21Br2N3O5S. The van der Waals surface area contributed by atoms with Crippen molar-refractivity contribution >= 4 is 53.7 Å². The largest absolute Gasteiger partial charge is 0.497 e. The highest BCUT2D eigenvalue weighted by molar-refractivity contribution is 9.11. The first-order valence-corrected chi connectivity index (χ1v) is 12.1. The van der Waals surface area contributed by atoms with Crippen LogP contribution < -0.4 is 19.7 Å². The van der Waals surface area contributed by atoms with Crippen molar-refractivity contribution in [2.75, 3.05) is 25.1 Å². The lowest BCUT2D eigenvalue weighted by Gasteiger charge is -2.23. The van der Waals surface area contributed by atoms with Gasteiger partial charge in [-0.2, -0.15) is 0 Å². The van der Waals surface area contributed by atoms with Crippen molar-refractivity contribution in [3.8, 4) is 5.75 Å². The van der Waals surface area contributed by atoms with Crippen molar-refractivity contribution in [3.05, 3.63) is 51.4 Å². The van der Waals surface area contributed by atoms with Gasteiger partial charge in [0, 0.05) is 39.8 Å². The summed E-state index contributed by atoms with van der Waals surface area (Å²) < 4.78 is 34.5. The fraction of sp³-hybridized carbons (Fsp3) is 0.316. The lowest BCUT2D eigenvalue weighted by molar-refractivity contribution is 0.201.